The summed E-state index contributed by atoms with van der Waals surface area (Å²) < 4.78 is 23.1. The third kappa shape index (κ3) is 4.57. The molecule has 5 heteroatoms. The molecule has 3 aromatic rings. The summed E-state index contributed by atoms with van der Waals surface area (Å²) in [7, 11) is 1.63. The maximum absolute atomic E-state index is 11.7. The van der Waals surface area contributed by atoms with Crippen LogP contribution in [0.4, 0.5) is 0 Å². The van der Waals surface area contributed by atoms with E-state index in [-0.39, 0.29) is 5.97 Å². The SMILES string of the molecule is COc1ccc([C@H]2Oc3cc(OCc4ccccc4)ccc3C[C@H]2OC(C)=O)cc1. The Balaban J connectivity index is 1.56. The minimum atomic E-state index is -0.406. The Morgan fingerprint density at radius 2 is 1.73 bits per heavy atom. The maximum atomic E-state index is 11.7. The molecule has 5 nitrogen and oxygen atoms in total. The number of carbonyl (C=O) groups is 1. The molecule has 1 heterocycles. The summed E-state index contributed by atoms with van der Waals surface area (Å²) in [5, 5.41) is 0. The number of methoxy groups -OCH3 is 1. The normalized spacial score (nSPS) is 17.4. The van der Waals surface area contributed by atoms with Crippen LogP contribution in [0.15, 0.2) is 72.8 Å². The zero-order chi connectivity index (χ0) is 20.9. The average molecular weight is 404 g/mol. The van der Waals surface area contributed by atoms with E-state index in [9.17, 15) is 4.79 Å². The van der Waals surface area contributed by atoms with Crippen LogP contribution in [-0.2, 0) is 22.6 Å². The monoisotopic (exact) mass is 404 g/mol. The molecule has 0 saturated carbocycles. The molecule has 0 unspecified atom stereocenters. The third-order valence-electron chi connectivity index (χ3n) is 5.06. The summed E-state index contributed by atoms with van der Waals surface area (Å²) in [6.45, 7) is 1.90. The first kappa shape index (κ1) is 19.8. The molecule has 3 aromatic carbocycles. The van der Waals surface area contributed by atoms with E-state index in [4.69, 9.17) is 18.9 Å². The molecule has 0 aromatic heterocycles. The van der Waals surface area contributed by atoms with Crippen molar-refractivity contribution in [3.05, 3.63) is 89.5 Å². The molecule has 1 aliphatic rings. The summed E-state index contributed by atoms with van der Waals surface area (Å²) in [6, 6.07) is 23.4. The van der Waals surface area contributed by atoms with Crippen molar-refractivity contribution in [2.45, 2.75) is 32.2 Å². The Labute approximate surface area is 176 Å². The highest BCUT2D eigenvalue weighted by Crippen LogP contribution is 2.39. The van der Waals surface area contributed by atoms with Crippen LogP contribution < -0.4 is 14.2 Å². The van der Waals surface area contributed by atoms with Crippen LogP contribution in [-0.4, -0.2) is 19.2 Å². The topological polar surface area (TPSA) is 54.0 Å². The van der Waals surface area contributed by atoms with Gasteiger partial charge in [-0.05, 0) is 34.9 Å². The summed E-state index contributed by atoms with van der Waals surface area (Å²) in [4.78, 5) is 11.7. The number of fused-ring (bicyclic) bond motifs is 1. The molecule has 0 aliphatic carbocycles. The molecule has 0 bridgehead atoms. The highest BCUT2D eigenvalue weighted by atomic mass is 16.6. The number of ether oxygens (including phenoxy) is 4. The summed E-state index contributed by atoms with van der Waals surface area (Å²) in [6.07, 6.45) is -0.235. The number of carbonyl (C=O) groups excluding carboxylic acids is 1. The van der Waals surface area contributed by atoms with Crippen molar-refractivity contribution in [2.75, 3.05) is 7.11 Å². The van der Waals surface area contributed by atoms with Crippen molar-refractivity contribution in [1.82, 2.24) is 0 Å². The van der Waals surface area contributed by atoms with E-state index in [1.807, 2.05) is 72.8 Å². The van der Waals surface area contributed by atoms with Gasteiger partial charge in [0.25, 0.3) is 0 Å². The summed E-state index contributed by atoms with van der Waals surface area (Å²) in [5.74, 6) is 1.91. The van der Waals surface area contributed by atoms with Gasteiger partial charge in [0.2, 0.25) is 0 Å². The third-order valence-corrected chi connectivity index (χ3v) is 5.06. The van der Waals surface area contributed by atoms with Gasteiger partial charge in [-0.3, -0.25) is 4.79 Å². The predicted octanol–water partition coefficient (Wildman–Crippen LogP) is 4.88. The second-order valence-corrected chi connectivity index (χ2v) is 7.21. The van der Waals surface area contributed by atoms with Crippen molar-refractivity contribution in [3.8, 4) is 17.2 Å². The minimum Gasteiger partial charge on any atom is -0.497 e. The molecule has 2 atom stereocenters. The summed E-state index contributed by atoms with van der Waals surface area (Å²) in [5.41, 5.74) is 3.00. The molecule has 0 saturated heterocycles. The zero-order valence-corrected chi connectivity index (χ0v) is 17.0. The van der Waals surface area contributed by atoms with Gasteiger partial charge in [-0.1, -0.05) is 48.5 Å². The standard InChI is InChI=1S/C25H24O5/c1-17(26)29-24-14-20-10-13-22(28-16-18-6-4-3-5-7-18)15-23(20)30-25(24)19-8-11-21(27-2)12-9-19/h3-13,15,24-25H,14,16H2,1-2H3/t24-,25-/m1/s1. The van der Waals surface area contributed by atoms with Gasteiger partial charge in [0.1, 0.15) is 30.0 Å². The lowest BCUT2D eigenvalue weighted by Gasteiger charge is -2.33. The van der Waals surface area contributed by atoms with Gasteiger partial charge in [-0.25, -0.2) is 0 Å². The Hall–Kier alpha value is -3.47. The predicted molar refractivity (Wildman–Crippen MR) is 113 cm³/mol. The highest BCUT2D eigenvalue weighted by Gasteiger charge is 2.34. The van der Waals surface area contributed by atoms with E-state index < -0.39 is 12.2 Å². The molecule has 1 aliphatic heterocycles. The molecular formula is C25H24O5. The smallest absolute Gasteiger partial charge is 0.303 e. The molecule has 4 rings (SSSR count). The van der Waals surface area contributed by atoms with Gasteiger partial charge in [-0.15, -0.1) is 0 Å². The number of hydrogen-bond donors (Lipinski definition) is 0. The van der Waals surface area contributed by atoms with E-state index in [1.54, 1.807) is 7.11 Å². The molecule has 0 N–H and O–H groups in total. The fourth-order valence-corrected chi connectivity index (χ4v) is 3.57. The molecular weight excluding hydrogens is 380 g/mol. The van der Waals surface area contributed by atoms with Crippen molar-refractivity contribution >= 4 is 5.97 Å². The first-order valence-corrected chi connectivity index (χ1v) is 9.90. The van der Waals surface area contributed by atoms with Crippen LogP contribution >= 0.6 is 0 Å². The van der Waals surface area contributed by atoms with Gasteiger partial charge in [0.15, 0.2) is 6.10 Å². The first-order chi connectivity index (χ1) is 14.6. The Morgan fingerprint density at radius 1 is 1.00 bits per heavy atom. The van der Waals surface area contributed by atoms with Gasteiger partial charge in [0.05, 0.1) is 7.11 Å². The Morgan fingerprint density at radius 3 is 2.43 bits per heavy atom. The minimum absolute atomic E-state index is 0.326. The van der Waals surface area contributed by atoms with E-state index in [1.165, 1.54) is 6.92 Å². The number of rotatable bonds is 6. The first-order valence-electron chi connectivity index (χ1n) is 9.90. The van der Waals surface area contributed by atoms with Crippen molar-refractivity contribution in [1.29, 1.82) is 0 Å². The number of esters is 1. The average Bonchev–Trinajstić information content (AvgIpc) is 2.77. The highest BCUT2D eigenvalue weighted by molar-refractivity contribution is 5.66. The maximum Gasteiger partial charge on any atom is 0.303 e. The van der Waals surface area contributed by atoms with Gasteiger partial charge < -0.3 is 18.9 Å². The number of benzene rings is 3. The largest absolute Gasteiger partial charge is 0.497 e. The van der Waals surface area contributed by atoms with Crippen LogP contribution in [0.1, 0.15) is 29.7 Å². The zero-order valence-electron chi connectivity index (χ0n) is 17.0. The van der Waals surface area contributed by atoms with Crippen molar-refractivity contribution in [3.63, 3.8) is 0 Å². The van der Waals surface area contributed by atoms with E-state index in [0.29, 0.717) is 13.0 Å². The van der Waals surface area contributed by atoms with Crippen LogP contribution in [0, 0.1) is 0 Å². The van der Waals surface area contributed by atoms with E-state index >= 15 is 0 Å². The van der Waals surface area contributed by atoms with Crippen LogP contribution in [0.5, 0.6) is 17.2 Å². The van der Waals surface area contributed by atoms with Crippen molar-refractivity contribution in [2.24, 2.45) is 0 Å². The van der Waals surface area contributed by atoms with Crippen LogP contribution in [0.25, 0.3) is 0 Å². The second-order valence-electron chi connectivity index (χ2n) is 7.21. The van der Waals surface area contributed by atoms with Crippen LogP contribution in [0.2, 0.25) is 0 Å². The van der Waals surface area contributed by atoms with E-state index in [2.05, 4.69) is 0 Å². The quantitative estimate of drug-likeness (QED) is 0.548. The van der Waals surface area contributed by atoms with Gasteiger partial charge in [0, 0.05) is 19.4 Å². The number of hydrogen-bond acceptors (Lipinski definition) is 5. The fourth-order valence-electron chi connectivity index (χ4n) is 3.57. The van der Waals surface area contributed by atoms with Gasteiger partial charge >= 0.3 is 5.97 Å². The lowest BCUT2D eigenvalue weighted by Crippen LogP contribution is -2.34. The Bertz CT molecular complexity index is 998. The van der Waals surface area contributed by atoms with E-state index in [0.717, 1.165) is 33.9 Å². The molecule has 0 fully saturated rings. The Kier molecular flexibility index (Phi) is 5.89. The van der Waals surface area contributed by atoms with Crippen molar-refractivity contribution < 1.29 is 23.7 Å². The fraction of sp³-hybridized carbons (Fsp3) is 0.240. The summed E-state index contributed by atoms with van der Waals surface area (Å²) >= 11 is 0. The lowest BCUT2D eigenvalue weighted by atomic mass is 9.94. The van der Waals surface area contributed by atoms with Crippen LogP contribution in [0.3, 0.4) is 0 Å². The molecule has 0 amide bonds. The molecule has 0 radical (unpaired) electrons. The lowest BCUT2D eigenvalue weighted by molar-refractivity contribution is -0.152. The molecule has 0 spiro atoms. The molecule has 154 valence electrons. The molecule has 30 heavy (non-hydrogen) atoms. The second kappa shape index (κ2) is 8.91. The van der Waals surface area contributed by atoms with Gasteiger partial charge in [-0.2, -0.15) is 0 Å².